The fourth-order valence-corrected chi connectivity index (χ4v) is 3.62. The van der Waals surface area contributed by atoms with Gasteiger partial charge in [-0.15, -0.1) is 0 Å². The molecule has 0 bridgehead atoms. The van der Waals surface area contributed by atoms with Gasteiger partial charge in [-0.25, -0.2) is 9.36 Å². The minimum Gasteiger partial charge on any atom is -0.493 e. The number of nitrogens with zero attached hydrogens (tertiary/aromatic N) is 5. The number of fused-ring (bicyclic) bond motifs is 3. The van der Waals surface area contributed by atoms with E-state index in [-0.39, 0.29) is 11.9 Å². The van der Waals surface area contributed by atoms with E-state index in [1.54, 1.807) is 14.2 Å². The van der Waals surface area contributed by atoms with Crippen LogP contribution in [0.5, 0.6) is 5.75 Å². The normalized spacial score (nSPS) is 18.8. The highest BCUT2D eigenvalue weighted by Crippen LogP contribution is 2.35. The summed E-state index contributed by atoms with van der Waals surface area (Å²) >= 11 is 0. The van der Waals surface area contributed by atoms with E-state index in [1.807, 2.05) is 47.2 Å². The zero-order chi connectivity index (χ0) is 18.7. The largest absolute Gasteiger partial charge is 0.493 e. The highest BCUT2D eigenvalue weighted by Gasteiger charge is 2.53. The van der Waals surface area contributed by atoms with E-state index in [2.05, 4.69) is 4.99 Å². The third-order valence-electron chi connectivity index (χ3n) is 5.16. The van der Waals surface area contributed by atoms with Crippen LogP contribution in [-0.4, -0.2) is 53.3 Å². The zero-order valence-electron chi connectivity index (χ0n) is 15.3. The van der Waals surface area contributed by atoms with E-state index < -0.39 is 6.04 Å². The van der Waals surface area contributed by atoms with Crippen LogP contribution in [0.25, 0.3) is 5.69 Å². The fraction of sp³-hybridized carbons (Fsp3) is 0.333. The van der Waals surface area contributed by atoms with Crippen molar-refractivity contribution in [2.45, 2.75) is 19.9 Å². The number of imide groups is 1. The van der Waals surface area contributed by atoms with Crippen LogP contribution in [0.4, 0.5) is 10.7 Å². The highest BCUT2D eigenvalue weighted by atomic mass is 16.5. The Labute approximate surface area is 150 Å². The Kier molecular flexibility index (Phi) is 3.40. The lowest BCUT2D eigenvalue weighted by atomic mass is 10.1. The summed E-state index contributed by atoms with van der Waals surface area (Å²) in [6.45, 7) is 3.93. The minimum atomic E-state index is -0.632. The van der Waals surface area contributed by atoms with E-state index in [1.165, 1.54) is 11.9 Å². The summed E-state index contributed by atoms with van der Waals surface area (Å²) in [7, 11) is 4.75. The number of amides is 3. The van der Waals surface area contributed by atoms with Gasteiger partial charge in [0.25, 0.3) is 5.91 Å². The molecule has 3 amide bonds. The van der Waals surface area contributed by atoms with Crippen molar-refractivity contribution in [1.29, 1.82) is 0 Å². The summed E-state index contributed by atoms with van der Waals surface area (Å²) in [5.74, 6) is 1.47. The maximum atomic E-state index is 12.8. The lowest BCUT2D eigenvalue weighted by Crippen LogP contribution is -2.62. The molecule has 1 unspecified atom stereocenters. The molecule has 26 heavy (non-hydrogen) atoms. The smallest absolute Gasteiger partial charge is 0.407 e. The molecule has 4 rings (SSSR count). The second-order valence-electron chi connectivity index (χ2n) is 6.46. The molecule has 1 saturated heterocycles. The Morgan fingerprint density at radius 2 is 1.81 bits per heavy atom. The molecule has 3 heterocycles. The first-order valence-electron chi connectivity index (χ1n) is 8.29. The molecule has 8 nitrogen and oxygen atoms in total. The van der Waals surface area contributed by atoms with Gasteiger partial charge < -0.3 is 4.74 Å². The van der Waals surface area contributed by atoms with Crippen molar-refractivity contribution in [3.05, 3.63) is 35.7 Å². The molecule has 2 aliphatic rings. The maximum Gasteiger partial charge on any atom is 0.407 e. The quantitative estimate of drug-likeness (QED) is 0.768. The van der Waals surface area contributed by atoms with Gasteiger partial charge in [0.1, 0.15) is 17.1 Å². The van der Waals surface area contributed by atoms with Gasteiger partial charge in [0.2, 0.25) is 11.9 Å². The van der Waals surface area contributed by atoms with Crippen LogP contribution in [0.15, 0.2) is 29.3 Å². The summed E-state index contributed by atoms with van der Waals surface area (Å²) in [5, 5.41) is 0. The summed E-state index contributed by atoms with van der Waals surface area (Å²) in [6, 6.07) is 6.63. The summed E-state index contributed by atoms with van der Waals surface area (Å²) in [6.07, 6.45) is 0. The maximum absolute atomic E-state index is 12.8. The molecule has 0 spiro atoms. The predicted molar refractivity (Wildman–Crippen MR) is 94.1 cm³/mol. The molecule has 2 aromatic rings. The van der Waals surface area contributed by atoms with Crippen molar-refractivity contribution in [2.75, 3.05) is 21.2 Å². The monoisotopic (exact) mass is 354 g/mol. The lowest BCUT2D eigenvalue weighted by molar-refractivity contribution is -0.682. The van der Waals surface area contributed by atoms with Crippen LogP contribution in [0.3, 0.4) is 0 Å². The van der Waals surface area contributed by atoms with Gasteiger partial charge in [-0.05, 0) is 26.0 Å². The Hall–Kier alpha value is -3.16. The number of hydrogen-bond donors (Lipinski definition) is 0. The molecule has 0 N–H and O–H groups in total. The number of carbonyl (C=O) groups excluding carboxylic acids is 2. The van der Waals surface area contributed by atoms with Crippen molar-refractivity contribution < 1.29 is 18.9 Å². The number of methoxy groups -OCH3 is 1. The molecule has 1 aromatic heterocycles. The number of aromatic nitrogens is 2. The number of imidazole rings is 1. The average molecular weight is 354 g/mol. The third kappa shape index (κ3) is 1.89. The van der Waals surface area contributed by atoms with Gasteiger partial charge >= 0.3 is 12.0 Å². The summed E-state index contributed by atoms with van der Waals surface area (Å²) in [5.41, 5.74) is 2.71. The van der Waals surface area contributed by atoms with E-state index in [4.69, 9.17) is 4.74 Å². The van der Waals surface area contributed by atoms with Crippen molar-refractivity contribution in [1.82, 2.24) is 14.4 Å². The molecule has 0 saturated carbocycles. The number of aliphatic imine (C=N–C) groups is 1. The van der Waals surface area contributed by atoms with Crippen molar-refractivity contribution in [3.63, 3.8) is 0 Å². The molecule has 1 atom stereocenters. The number of hydrogen-bond acceptors (Lipinski definition) is 4. The van der Waals surface area contributed by atoms with Crippen molar-refractivity contribution in [2.24, 2.45) is 4.99 Å². The minimum absolute atomic E-state index is 0.282. The summed E-state index contributed by atoms with van der Waals surface area (Å²) in [4.78, 5) is 32.3. The molecule has 8 heteroatoms. The second kappa shape index (κ2) is 5.42. The molecule has 134 valence electrons. The van der Waals surface area contributed by atoms with Gasteiger partial charge in [0, 0.05) is 14.1 Å². The molecule has 1 fully saturated rings. The third-order valence-corrected chi connectivity index (χ3v) is 5.16. The standard InChI is InChI=1S/C18H20N5O3/c1-10-11(2)23-14-15(20(3)18(25)21(4)16(14)24)19-17(23)22(10)12-8-6-7-9-13(12)26-5/h6-9,14H,1-5H3/q+1. The van der Waals surface area contributed by atoms with Gasteiger partial charge in [-0.3, -0.25) is 14.6 Å². The number of likely N-dealkylation sites (N-methyl/N-ethyl adjacent to an activating group) is 2. The highest BCUT2D eigenvalue weighted by molar-refractivity contribution is 6.18. The van der Waals surface area contributed by atoms with Gasteiger partial charge in [0.05, 0.1) is 7.11 Å². The topological polar surface area (TPSA) is 71.0 Å². The molecule has 0 radical (unpaired) electrons. The van der Waals surface area contributed by atoms with Crippen LogP contribution in [0.2, 0.25) is 0 Å². The first kappa shape index (κ1) is 16.3. The Morgan fingerprint density at radius 1 is 1.12 bits per heavy atom. The lowest BCUT2D eigenvalue weighted by Gasteiger charge is -2.30. The van der Waals surface area contributed by atoms with Crippen LogP contribution in [-0.2, 0) is 4.79 Å². The van der Waals surface area contributed by atoms with Gasteiger partial charge in [-0.2, -0.15) is 4.57 Å². The Balaban J connectivity index is 1.99. The Bertz CT molecular complexity index is 991. The van der Waals surface area contributed by atoms with Crippen molar-refractivity contribution >= 4 is 23.7 Å². The van der Waals surface area contributed by atoms with Crippen LogP contribution in [0, 0.1) is 13.8 Å². The number of ether oxygens (including phenoxy) is 1. The van der Waals surface area contributed by atoms with E-state index >= 15 is 0 Å². The van der Waals surface area contributed by atoms with Crippen LogP contribution < -0.4 is 9.30 Å². The zero-order valence-corrected chi connectivity index (χ0v) is 15.3. The first-order valence-corrected chi connectivity index (χ1v) is 8.29. The number of para-hydroxylation sites is 2. The van der Waals surface area contributed by atoms with Crippen molar-refractivity contribution in [3.8, 4) is 11.4 Å². The molecule has 0 aliphatic carbocycles. The van der Waals surface area contributed by atoms with Crippen LogP contribution >= 0.6 is 0 Å². The first-order chi connectivity index (χ1) is 12.4. The molecule has 2 aliphatic heterocycles. The predicted octanol–water partition coefficient (Wildman–Crippen LogP) is 1.50. The fourth-order valence-electron chi connectivity index (χ4n) is 3.62. The summed E-state index contributed by atoms with van der Waals surface area (Å²) < 4.78 is 9.35. The molecular weight excluding hydrogens is 334 g/mol. The van der Waals surface area contributed by atoms with E-state index in [9.17, 15) is 9.59 Å². The number of carbonyl (C=O) groups is 2. The number of rotatable bonds is 2. The molecular formula is C18H20N5O3+. The Morgan fingerprint density at radius 3 is 2.50 bits per heavy atom. The van der Waals surface area contributed by atoms with Crippen LogP contribution in [0.1, 0.15) is 17.4 Å². The number of urea groups is 1. The SMILES string of the molecule is COc1ccccc1-n1c(C)c(C)[n+]2c1N=C1C2C(=O)N(C)C(=O)N1C. The van der Waals surface area contributed by atoms with E-state index in [0.29, 0.717) is 17.5 Å². The number of benzene rings is 1. The van der Waals surface area contributed by atoms with Gasteiger partial charge in [0.15, 0.2) is 5.75 Å². The average Bonchev–Trinajstić information content (AvgIpc) is 3.14. The molecule has 1 aromatic carbocycles. The van der Waals surface area contributed by atoms with Gasteiger partial charge in [-0.1, -0.05) is 17.1 Å². The number of amidine groups is 1. The van der Waals surface area contributed by atoms with E-state index in [0.717, 1.165) is 22.0 Å². The second-order valence-corrected chi connectivity index (χ2v) is 6.46.